The van der Waals surface area contributed by atoms with Crippen LogP contribution >= 0.6 is 0 Å². The molecule has 0 atom stereocenters. The van der Waals surface area contributed by atoms with Gasteiger partial charge in [-0.05, 0) is 37.1 Å². The lowest BCUT2D eigenvalue weighted by Crippen LogP contribution is -2.50. The second kappa shape index (κ2) is 8.33. The molecule has 28 heavy (non-hydrogen) atoms. The van der Waals surface area contributed by atoms with Gasteiger partial charge in [0.05, 0.1) is 7.11 Å². The van der Waals surface area contributed by atoms with Crippen LogP contribution in [0.5, 0.6) is 5.75 Å². The highest BCUT2D eigenvalue weighted by Crippen LogP contribution is 2.21. The predicted molar refractivity (Wildman–Crippen MR) is 109 cm³/mol. The van der Waals surface area contributed by atoms with Crippen LogP contribution in [0.3, 0.4) is 0 Å². The summed E-state index contributed by atoms with van der Waals surface area (Å²) in [5, 5.41) is 11.7. The Morgan fingerprint density at radius 2 is 1.57 bits per heavy atom. The first kappa shape index (κ1) is 18.3. The number of benzene rings is 1. The van der Waals surface area contributed by atoms with Gasteiger partial charge in [0.15, 0.2) is 11.6 Å². The first-order chi connectivity index (χ1) is 13.7. The number of carbonyl (C=O) groups excluding carboxylic acids is 1. The highest BCUT2D eigenvalue weighted by molar-refractivity contribution is 5.89. The lowest BCUT2D eigenvalue weighted by Gasteiger charge is -2.35. The number of anilines is 3. The fourth-order valence-corrected chi connectivity index (χ4v) is 3.64. The average Bonchev–Trinajstić information content (AvgIpc) is 3.29. The predicted octanol–water partition coefficient (Wildman–Crippen LogP) is 2.44. The number of ether oxygens (including phenoxy) is 1. The third-order valence-corrected chi connectivity index (χ3v) is 5.28. The largest absolute Gasteiger partial charge is 0.497 e. The Kier molecular flexibility index (Phi) is 5.45. The summed E-state index contributed by atoms with van der Waals surface area (Å²) in [4.78, 5) is 18.8. The Balaban J connectivity index is 1.30. The van der Waals surface area contributed by atoms with Gasteiger partial charge in [0.25, 0.3) is 0 Å². The van der Waals surface area contributed by atoms with Gasteiger partial charge in [0.1, 0.15) is 5.75 Å². The number of nitrogens with zero attached hydrogens (tertiary/aromatic N) is 5. The number of nitrogens with one attached hydrogen (secondary N) is 1. The number of rotatable bonds is 4. The highest BCUT2D eigenvalue weighted by atomic mass is 16.5. The second-order valence-electron chi connectivity index (χ2n) is 7.08. The van der Waals surface area contributed by atoms with Crippen LogP contribution in [-0.4, -0.2) is 67.5 Å². The molecule has 148 valence electrons. The van der Waals surface area contributed by atoms with Crippen LogP contribution in [-0.2, 0) is 0 Å². The van der Waals surface area contributed by atoms with E-state index < -0.39 is 0 Å². The molecule has 0 spiro atoms. The lowest BCUT2D eigenvalue weighted by molar-refractivity contribution is 0.208. The summed E-state index contributed by atoms with van der Waals surface area (Å²) in [6.45, 7) is 4.90. The van der Waals surface area contributed by atoms with Crippen molar-refractivity contribution in [2.45, 2.75) is 12.8 Å². The number of carbonyl (C=O) groups is 1. The van der Waals surface area contributed by atoms with Gasteiger partial charge in [-0.3, -0.25) is 0 Å². The molecule has 2 aromatic rings. The molecule has 1 aromatic carbocycles. The van der Waals surface area contributed by atoms with Crippen molar-refractivity contribution in [3.8, 4) is 5.75 Å². The van der Waals surface area contributed by atoms with Crippen molar-refractivity contribution >= 4 is 23.4 Å². The van der Waals surface area contributed by atoms with Gasteiger partial charge >= 0.3 is 6.03 Å². The number of hydrogen-bond acceptors (Lipinski definition) is 6. The van der Waals surface area contributed by atoms with Gasteiger partial charge in [-0.1, -0.05) is 6.07 Å². The van der Waals surface area contributed by atoms with E-state index >= 15 is 0 Å². The molecule has 2 aliphatic rings. The van der Waals surface area contributed by atoms with Crippen molar-refractivity contribution in [3.63, 3.8) is 0 Å². The van der Waals surface area contributed by atoms with E-state index in [1.807, 2.05) is 35.2 Å². The molecule has 0 bridgehead atoms. The molecule has 2 aliphatic heterocycles. The van der Waals surface area contributed by atoms with Crippen molar-refractivity contribution in [1.82, 2.24) is 15.1 Å². The van der Waals surface area contributed by atoms with Crippen LogP contribution in [0.25, 0.3) is 0 Å². The third-order valence-electron chi connectivity index (χ3n) is 5.28. The maximum absolute atomic E-state index is 12.5. The smallest absolute Gasteiger partial charge is 0.321 e. The molecule has 8 nitrogen and oxygen atoms in total. The molecule has 2 saturated heterocycles. The molecule has 4 rings (SSSR count). The first-order valence-electron chi connectivity index (χ1n) is 9.76. The Bertz CT molecular complexity index is 799. The molecular weight excluding hydrogens is 356 g/mol. The van der Waals surface area contributed by atoms with E-state index in [9.17, 15) is 4.79 Å². The summed E-state index contributed by atoms with van der Waals surface area (Å²) in [5.74, 6) is 2.55. The van der Waals surface area contributed by atoms with E-state index in [0.29, 0.717) is 13.1 Å². The molecule has 2 fully saturated rings. The fraction of sp³-hybridized carbons (Fsp3) is 0.450. The number of methoxy groups -OCH3 is 1. The lowest BCUT2D eigenvalue weighted by atomic mass is 10.3. The minimum Gasteiger partial charge on any atom is -0.497 e. The third kappa shape index (κ3) is 4.11. The molecule has 1 N–H and O–H groups in total. The normalized spacial score (nSPS) is 17.0. The fourth-order valence-electron chi connectivity index (χ4n) is 3.64. The topological polar surface area (TPSA) is 73.8 Å². The second-order valence-corrected chi connectivity index (χ2v) is 7.08. The van der Waals surface area contributed by atoms with Crippen molar-refractivity contribution < 1.29 is 9.53 Å². The van der Waals surface area contributed by atoms with Crippen LogP contribution < -0.4 is 19.9 Å². The molecule has 0 aliphatic carbocycles. The molecule has 0 unspecified atom stereocenters. The number of piperazine rings is 1. The number of hydrogen-bond donors (Lipinski definition) is 1. The Labute approximate surface area is 165 Å². The summed E-state index contributed by atoms with van der Waals surface area (Å²) >= 11 is 0. The zero-order chi connectivity index (χ0) is 19.3. The van der Waals surface area contributed by atoms with Gasteiger partial charge in [-0.15, -0.1) is 10.2 Å². The van der Waals surface area contributed by atoms with E-state index in [-0.39, 0.29) is 6.03 Å². The SMILES string of the molecule is COc1cccc(NC(=O)N2CCN(c3ccc(N4CCCC4)nn3)CC2)c1. The highest BCUT2D eigenvalue weighted by Gasteiger charge is 2.23. The van der Waals surface area contributed by atoms with Crippen LogP contribution in [0.4, 0.5) is 22.1 Å². The van der Waals surface area contributed by atoms with E-state index in [2.05, 4.69) is 31.4 Å². The molecule has 0 radical (unpaired) electrons. The standard InChI is InChI=1S/C20H26N6O2/c1-28-17-6-4-5-16(15-17)21-20(27)26-13-11-25(12-14-26)19-8-7-18(22-23-19)24-9-2-3-10-24/h4-8,15H,2-3,9-14H2,1H3,(H,21,27). The number of amides is 2. The van der Waals surface area contributed by atoms with Crippen LogP contribution in [0.2, 0.25) is 0 Å². The molecule has 3 heterocycles. The summed E-state index contributed by atoms with van der Waals surface area (Å²) in [6.07, 6.45) is 2.45. The summed E-state index contributed by atoms with van der Waals surface area (Å²) in [5.41, 5.74) is 0.732. The van der Waals surface area contributed by atoms with Crippen molar-refractivity contribution in [1.29, 1.82) is 0 Å². The molecule has 8 heteroatoms. The van der Waals surface area contributed by atoms with E-state index in [4.69, 9.17) is 4.74 Å². The molecule has 2 amide bonds. The summed E-state index contributed by atoms with van der Waals surface area (Å²) < 4.78 is 5.20. The molecular formula is C20H26N6O2. The molecule has 0 saturated carbocycles. The zero-order valence-electron chi connectivity index (χ0n) is 16.2. The van der Waals surface area contributed by atoms with Gasteiger partial charge in [-0.2, -0.15) is 0 Å². The summed E-state index contributed by atoms with van der Waals surface area (Å²) in [7, 11) is 1.61. The Hall–Kier alpha value is -3.03. The number of urea groups is 1. The van der Waals surface area contributed by atoms with Gasteiger partial charge in [-0.25, -0.2) is 4.79 Å². The van der Waals surface area contributed by atoms with E-state index in [1.165, 1.54) is 12.8 Å². The first-order valence-corrected chi connectivity index (χ1v) is 9.76. The van der Waals surface area contributed by atoms with Crippen LogP contribution in [0, 0.1) is 0 Å². The molecule has 1 aromatic heterocycles. The van der Waals surface area contributed by atoms with Gasteiger partial charge in [0, 0.05) is 51.0 Å². The monoisotopic (exact) mass is 382 g/mol. The Morgan fingerprint density at radius 1 is 0.929 bits per heavy atom. The maximum atomic E-state index is 12.5. The zero-order valence-corrected chi connectivity index (χ0v) is 16.2. The van der Waals surface area contributed by atoms with Crippen molar-refractivity contribution in [3.05, 3.63) is 36.4 Å². The minimum atomic E-state index is -0.0941. The van der Waals surface area contributed by atoms with Crippen LogP contribution in [0.1, 0.15) is 12.8 Å². The van der Waals surface area contributed by atoms with Crippen LogP contribution in [0.15, 0.2) is 36.4 Å². The van der Waals surface area contributed by atoms with Gasteiger partial charge < -0.3 is 24.8 Å². The van der Waals surface area contributed by atoms with E-state index in [0.717, 1.165) is 49.3 Å². The number of aromatic nitrogens is 2. The summed E-state index contributed by atoms with van der Waals surface area (Å²) in [6, 6.07) is 11.4. The minimum absolute atomic E-state index is 0.0941. The van der Waals surface area contributed by atoms with E-state index in [1.54, 1.807) is 7.11 Å². The van der Waals surface area contributed by atoms with Crippen molar-refractivity contribution in [2.75, 3.05) is 61.5 Å². The quantitative estimate of drug-likeness (QED) is 0.876. The maximum Gasteiger partial charge on any atom is 0.321 e. The average molecular weight is 382 g/mol. The Morgan fingerprint density at radius 3 is 2.18 bits per heavy atom. The van der Waals surface area contributed by atoms with Crippen molar-refractivity contribution in [2.24, 2.45) is 0 Å². The van der Waals surface area contributed by atoms with Gasteiger partial charge in [0.2, 0.25) is 0 Å².